The minimum Gasteiger partial charge on any atom is -0.497 e. The summed E-state index contributed by atoms with van der Waals surface area (Å²) in [5.74, 6) is -1.84. The van der Waals surface area contributed by atoms with Gasteiger partial charge in [0.25, 0.3) is 5.56 Å². The van der Waals surface area contributed by atoms with E-state index in [1.807, 2.05) is 0 Å². The van der Waals surface area contributed by atoms with E-state index in [9.17, 15) is 19.1 Å². The van der Waals surface area contributed by atoms with Gasteiger partial charge in [-0.15, -0.1) is 0 Å². The van der Waals surface area contributed by atoms with Gasteiger partial charge in [0.1, 0.15) is 17.6 Å². The molecular formula is C24H24F2N2O4. The second kappa shape index (κ2) is 7.93. The molecular weight excluding hydrogens is 418 g/mol. The number of allylic oxidation sites excluding steroid dienone is 2. The van der Waals surface area contributed by atoms with E-state index in [4.69, 9.17) is 4.74 Å². The van der Waals surface area contributed by atoms with Crippen LogP contribution >= 0.6 is 0 Å². The van der Waals surface area contributed by atoms with Crippen molar-refractivity contribution in [2.24, 2.45) is 11.3 Å². The van der Waals surface area contributed by atoms with Crippen LogP contribution in [0.4, 0.5) is 8.78 Å². The molecule has 0 saturated carbocycles. The largest absolute Gasteiger partial charge is 0.497 e. The highest BCUT2D eigenvalue weighted by Crippen LogP contribution is 2.45. The molecule has 0 saturated heterocycles. The maximum Gasteiger partial charge on any atom is 0.353 e. The molecule has 3 unspecified atom stereocenters. The third-order valence-corrected chi connectivity index (χ3v) is 6.22. The van der Waals surface area contributed by atoms with Crippen LogP contribution in [0.25, 0.3) is 22.0 Å². The van der Waals surface area contributed by atoms with Crippen molar-refractivity contribution in [2.75, 3.05) is 7.11 Å². The number of fused-ring (bicyclic) bond motifs is 1. The maximum atomic E-state index is 15.3. The number of benzene rings is 1. The third-order valence-electron chi connectivity index (χ3n) is 6.22. The summed E-state index contributed by atoms with van der Waals surface area (Å²) in [6, 6.07) is 8.14. The number of carbonyl (C=O) groups is 1. The SMILES string of the molecule is COc1ccc2c(c1)c(-c1ccc[nH]c1=O)c(C(=O)O)n2CC1(C)CC(F)=CC(C)C1F. The van der Waals surface area contributed by atoms with Gasteiger partial charge in [-0.25, -0.2) is 13.6 Å². The summed E-state index contributed by atoms with van der Waals surface area (Å²) in [7, 11) is 1.48. The van der Waals surface area contributed by atoms with E-state index in [-0.39, 0.29) is 29.8 Å². The lowest BCUT2D eigenvalue weighted by atomic mass is 9.72. The van der Waals surface area contributed by atoms with Crippen molar-refractivity contribution in [3.63, 3.8) is 0 Å². The summed E-state index contributed by atoms with van der Waals surface area (Å²) in [5, 5.41) is 10.6. The number of aromatic nitrogens is 2. The molecule has 1 aliphatic rings. The molecule has 0 aliphatic heterocycles. The average Bonchev–Trinajstić information content (AvgIpc) is 3.05. The monoisotopic (exact) mass is 442 g/mol. The molecule has 0 fully saturated rings. The highest BCUT2D eigenvalue weighted by atomic mass is 19.1. The Balaban J connectivity index is 2.03. The van der Waals surface area contributed by atoms with Crippen molar-refractivity contribution < 1.29 is 23.4 Å². The van der Waals surface area contributed by atoms with Crippen molar-refractivity contribution in [2.45, 2.75) is 33.0 Å². The first kappa shape index (κ1) is 21.8. The molecule has 1 aliphatic carbocycles. The van der Waals surface area contributed by atoms with Gasteiger partial charge in [-0.05, 0) is 36.4 Å². The lowest BCUT2D eigenvalue weighted by Gasteiger charge is -2.39. The number of nitrogens with one attached hydrogen (secondary N) is 1. The van der Waals surface area contributed by atoms with Gasteiger partial charge >= 0.3 is 5.97 Å². The van der Waals surface area contributed by atoms with Crippen LogP contribution in [0.3, 0.4) is 0 Å². The van der Waals surface area contributed by atoms with Crippen LogP contribution in [-0.4, -0.2) is 33.9 Å². The first-order chi connectivity index (χ1) is 15.2. The lowest BCUT2D eigenvalue weighted by Crippen LogP contribution is -2.40. The van der Waals surface area contributed by atoms with E-state index in [0.717, 1.165) is 0 Å². The van der Waals surface area contributed by atoms with Crippen molar-refractivity contribution in [3.05, 3.63) is 64.5 Å². The van der Waals surface area contributed by atoms with Crippen molar-refractivity contribution in [1.82, 2.24) is 9.55 Å². The first-order valence-electron chi connectivity index (χ1n) is 10.3. The second-order valence-electron chi connectivity index (χ2n) is 8.62. The normalized spacial score (nSPS) is 23.2. The number of halogens is 2. The Kier molecular flexibility index (Phi) is 5.40. The summed E-state index contributed by atoms with van der Waals surface area (Å²) in [5.41, 5.74) is -0.890. The molecule has 0 amide bonds. The zero-order chi connectivity index (χ0) is 23.2. The molecule has 2 heterocycles. The number of rotatable bonds is 5. The Hall–Kier alpha value is -3.42. The van der Waals surface area contributed by atoms with Crippen LogP contribution in [0.5, 0.6) is 5.75 Å². The number of aromatic amines is 1. The van der Waals surface area contributed by atoms with Crippen molar-refractivity contribution in [1.29, 1.82) is 0 Å². The Bertz CT molecular complexity index is 1290. The van der Waals surface area contributed by atoms with E-state index >= 15 is 4.39 Å². The van der Waals surface area contributed by atoms with Gasteiger partial charge in [0.2, 0.25) is 0 Å². The van der Waals surface area contributed by atoms with Gasteiger partial charge in [0.15, 0.2) is 0 Å². The van der Waals surface area contributed by atoms with E-state index in [1.165, 1.54) is 30.0 Å². The molecule has 1 aromatic carbocycles. The number of alkyl halides is 1. The van der Waals surface area contributed by atoms with E-state index in [2.05, 4.69) is 4.98 Å². The number of methoxy groups -OCH3 is 1. The molecule has 2 N–H and O–H groups in total. The Morgan fingerprint density at radius 1 is 1.38 bits per heavy atom. The van der Waals surface area contributed by atoms with Gasteiger partial charge < -0.3 is 19.4 Å². The topological polar surface area (TPSA) is 84.3 Å². The predicted octanol–water partition coefficient (Wildman–Crippen LogP) is 4.94. The zero-order valence-electron chi connectivity index (χ0n) is 18.0. The number of pyridine rings is 1. The number of hydrogen-bond acceptors (Lipinski definition) is 3. The predicted molar refractivity (Wildman–Crippen MR) is 117 cm³/mol. The van der Waals surface area contributed by atoms with Crippen LogP contribution in [0.2, 0.25) is 0 Å². The number of nitrogens with zero attached hydrogens (tertiary/aromatic N) is 1. The number of aromatic carboxylic acids is 1. The molecule has 3 atom stereocenters. The van der Waals surface area contributed by atoms with Crippen LogP contribution < -0.4 is 10.3 Å². The molecule has 2 aromatic heterocycles. The van der Waals surface area contributed by atoms with Gasteiger partial charge in [0, 0.05) is 52.5 Å². The number of carboxylic acid groups (broad SMARTS) is 1. The highest BCUT2D eigenvalue weighted by Gasteiger charge is 2.43. The van der Waals surface area contributed by atoms with Gasteiger partial charge in [-0.3, -0.25) is 4.79 Å². The van der Waals surface area contributed by atoms with E-state index in [1.54, 1.807) is 38.1 Å². The first-order valence-corrected chi connectivity index (χ1v) is 10.3. The fourth-order valence-electron chi connectivity index (χ4n) is 4.79. The fraction of sp³-hybridized carbons (Fsp3) is 0.333. The summed E-state index contributed by atoms with van der Waals surface area (Å²) in [6.45, 7) is 3.15. The van der Waals surface area contributed by atoms with Crippen LogP contribution in [0.15, 0.2) is 53.2 Å². The summed E-state index contributed by atoms with van der Waals surface area (Å²) in [4.78, 5) is 27.6. The van der Waals surface area contributed by atoms with Gasteiger partial charge in [-0.1, -0.05) is 13.8 Å². The molecule has 0 radical (unpaired) electrons. The Morgan fingerprint density at radius 2 is 2.12 bits per heavy atom. The fourth-order valence-corrected chi connectivity index (χ4v) is 4.79. The maximum absolute atomic E-state index is 15.3. The lowest BCUT2D eigenvalue weighted by molar-refractivity contribution is 0.0531. The summed E-state index contributed by atoms with van der Waals surface area (Å²) in [6.07, 6.45) is 1.22. The minimum atomic E-state index is -1.37. The zero-order valence-corrected chi connectivity index (χ0v) is 18.0. The standard InChI is InChI=1S/C24H24F2N2O4/c1-13-9-14(25)11-24(2,21(13)26)12-28-18-7-6-15(32-3)10-17(18)19(20(28)23(30)31)16-5-4-8-27-22(16)29/h4-10,13,21H,11-12H2,1-3H3,(H,27,29)(H,30,31). The Morgan fingerprint density at radius 3 is 2.78 bits per heavy atom. The molecule has 4 rings (SSSR count). The molecule has 6 nitrogen and oxygen atoms in total. The third kappa shape index (κ3) is 3.49. The molecule has 168 valence electrons. The number of hydrogen-bond donors (Lipinski definition) is 2. The smallest absolute Gasteiger partial charge is 0.353 e. The number of carboxylic acids is 1. The summed E-state index contributed by atoms with van der Waals surface area (Å²) < 4.78 is 36.4. The second-order valence-corrected chi connectivity index (χ2v) is 8.62. The van der Waals surface area contributed by atoms with E-state index in [0.29, 0.717) is 16.7 Å². The molecule has 8 heteroatoms. The van der Waals surface area contributed by atoms with Gasteiger partial charge in [0.05, 0.1) is 12.9 Å². The van der Waals surface area contributed by atoms with Crippen LogP contribution in [0.1, 0.15) is 30.8 Å². The molecule has 0 bridgehead atoms. The van der Waals surface area contributed by atoms with Gasteiger partial charge in [-0.2, -0.15) is 0 Å². The average molecular weight is 442 g/mol. The van der Waals surface area contributed by atoms with Crippen molar-refractivity contribution >= 4 is 16.9 Å². The number of ether oxygens (including phenoxy) is 1. The van der Waals surface area contributed by atoms with E-state index < -0.39 is 34.9 Å². The molecule has 32 heavy (non-hydrogen) atoms. The molecule has 3 aromatic rings. The number of H-pyrrole nitrogens is 1. The van der Waals surface area contributed by atoms with Crippen LogP contribution in [0, 0.1) is 11.3 Å². The minimum absolute atomic E-state index is 0.0744. The molecule has 0 spiro atoms. The van der Waals surface area contributed by atoms with Crippen molar-refractivity contribution in [3.8, 4) is 16.9 Å². The summed E-state index contributed by atoms with van der Waals surface area (Å²) >= 11 is 0. The van der Waals surface area contributed by atoms with Crippen LogP contribution in [-0.2, 0) is 6.54 Å². The highest BCUT2D eigenvalue weighted by molar-refractivity contribution is 6.08. The Labute approximate surface area is 183 Å². The quantitative estimate of drug-likeness (QED) is 0.586.